The van der Waals surface area contributed by atoms with Crippen LogP contribution in [0.15, 0.2) is 36.7 Å². The molecule has 2 fully saturated rings. The zero-order valence-electron chi connectivity index (χ0n) is 24.9. The molecule has 0 spiro atoms. The molecule has 0 atom stereocenters. The Labute approximate surface area is 252 Å². The molecule has 0 unspecified atom stereocenters. The summed E-state index contributed by atoms with van der Waals surface area (Å²) in [6.07, 6.45) is 3.96. The van der Waals surface area contributed by atoms with Gasteiger partial charge in [0, 0.05) is 76.9 Å². The highest BCUT2D eigenvalue weighted by Gasteiger charge is 2.24. The smallest absolute Gasteiger partial charge is 0.412 e. The number of unbranched alkanes of at least 4 members (excludes halogenated alkanes) is 1. The molecule has 3 heterocycles. The number of anilines is 2. The molecule has 43 heavy (non-hydrogen) atoms. The fourth-order valence-corrected chi connectivity index (χ4v) is 5.00. The van der Waals surface area contributed by atoms with E-state index in [9.17, 15) is 19.5 Å². The van der Waals surface area contributed by atoms with Crippen LogP contribution in [0.1, 0.15) is 42.1 Å². The Morgan fingerprint density at radius 1 is 0.977 bits per heavy atom. The molecular weight excluding hydrogens is 554 g/mol. The van der Waals surface area contributed by atoms with Crippen LogP contribution >= 0.6 is 0 Å². The maximum atomic E-state index is 12.7. The van der Waals surface area contributed by atoms with Crippen LogP contribution in [0.3, 0.4) is 0 Å². The Bertz CT molecular complexity index is 1180. The number of rotatable bonds is 14. The standard InChI is InChI=1S/C30H43N7O6/c1-2-3-18-43-28(39)25-6-4-5-7-26(25)37(30(40)41)23-24-21-32-29(33-22-24)36-15-13-35(14-16-36)27(38)8-19-42-20-17-34-11-9-31-10-12-34/h4-7,21-22,31H,2-3,8-20,23H2,1H3,(H,40,41). The van der Waals surface area contributed by atoms with E-state index in [0.29, 0.717) is 57.3 Å². The van der Waals surface area contributed by atoms with E-state index in [1.165, 1.54) is 0 Å². The van der Waals surface area contributed by atoms with Gasteiger partial charge in [0.05, 0.1) is 44.0 Å². The van der Waals surface area contributed by atoms with Crippen molar-refractivity contribution in [3.8, 4) is 0 Å². The number of nitrogens with zero attached hydrogens (tertiary/aromatic N) is 6. The summed E-state index contributed by atoms with van der Waals surface area (Å²) in [5.41, 5.74) is 1.00. The highest BCUT2D eigenvalue weighted by atomic mass is 16.5. The van der Waals surface area contributed by atoms with E-state index in [1.54, 1.807) is 36.7 Å². The number of aromatic nitrogens is 2. The van der Waals surface area contributed by atoms with Gasteiger partial charge in [-0.3, -0.25) is 14.6 Å². The van der Waals surface area contributed by atoms with Gasteiger partial charge in [0.1, 0.15) is 0 Å². The second kappa shape index (κ2) is 16.7. The van der Waals surface area contributed by atoms with Gasteiger partial charge in [-0.05, 0) is 18.6 Å². The SMILES string of the molecule is CCCCOC(=O)c1ccccc1N(Cc1cnc(N2CCN(C(=O)CCOCCN3CCNCC3)CC2)nc1)C(=O)O. The second-order valence-electron chi connectivity index (χ2n) is 10.6. The molecule has 234 valence electrons. The largest absolute Gasteiger partial charge is 0.465 e. The zero-order valence-corrected chi connectivity index (χ0v) is 24.9. The van der Waals surface area contributed by atoms with Crippen molar-refractivity contribution in [2.45, 2.75) is 32.7 Å². The summed E-state index contributed by atoms with van der Waals surface area (Å²) >= 11 is 0. The number of carbonyl (C=O) groups excluding carboxylic acids is 2. The summed E-state index contributed by atoms with van der Waals surface area (Å²) in [6.45, 7) is 10.6. The Morgan fingerprint density at radius 3 is 2.40 bits per heavy atom. The average molecular weight is 598 g/mol. The van der Waals surface area contributed by atoms with E-state index in [-0.39, 0.29) is 30.3 Å². The van der Waals surface area contributed by atoms with E-state index < -0.39 is 12.1 Å². The van der Waals surface area contributed by atoms with Crippen LogP contribution in [-0.4, -0.2) is 122 Å². The molecule has 1 aromatic heterocycles. The van der Waals surface area contributed by atoms with Crippen molar-refractivity contribution in [2.24, 2.45) is 0 Å². The number of hydrogen-bond acceptors (Lipinski definition) is 10. The number of ether oxygens (including phenoxy) is 2. The summed E-state index contributed by atoms with van der Waals surface area (Å²) in [7, 11) is 0. The minimum absolute atomic E-state index is 0.0333. The van der Waals surface area contributed by atoms with Crippen molar-refractivity contribution in [2.75, 3.05) is 88.5 Å². The van der Waals surface area contributed by atoms with Gasteiger partial charge >= 0.3 is 12.1 Å². The van der Waals surface area contributed by atoms with Crippen LogP contribution in [-0.2, 0) is 20.8 Å². The van der Waals surface area contributed by atoms with Gasteiger partial charge in [-0.2, -0.15) is 0 Å². The molecule has 0 aliphatic carbocycles. The van der Waals surface area contributed by atoms with E-state index in [0.717, 1.165) is 50.5 Å². The molecule has 0 radical (unpaired) electrons. The summed E-state index contributed by atoms with van der Waals surface area (Å²) < 4.78 is 11.0. The third-order valence-corrected chi connectivity index (χ3v) is 7.55. The Kier molecular flexibility index (Phi) is 12.5. The molecule has 0 saturated carbocycles. The molecule has 0 bridgehead atoms. The van der Waals surface area contributed by atoms with Gasteiger partial charge in [-0.1, -0.05) is 25.5 Å². The number of esters is 1. The van der Waals surface area contributed by atoms with Crippen molar-refractivity contribution in [3.05, 3.63) is 47.8 Å². The normalized spacial score (nSPS) is 15.7. The van der Waals surface area contributed by atoms with Gasteiger partial charge in [-0.15, -0.1) is 0 Å². The van der Waals surface area contributed by atoms with Crippen LogP contribution in [0.25, 0.3) is 0 Å². The van der Waals surface area contributed by atoms with Crippen LogP contribution in [0.4, 0.5) is 16.4 Å². The molecule has 13 nitrogen and oxygen atoms in total. The molecule has 1 aromatic carbocycles. The maximum Gasteiger partial charge on any atom is 0.412 e. The first-order valence-corrected chi connectivity index (χ1v) is 15.1. The highest BCUT2D eigenvalue weighted by molar-refractivity contribution is 6.00. The quantitative estimate of drug-likeness (QED) is 0.244. The summed E-state index contributed by atoms with van der Waals surface area (Å²) in [4.78, 5) is 53.7. The lowest BCUT2D eigenvalue weighted by Crippen LogP contribution is -2.49. The molecule has 2 aromatic rings. The predicted molar refractivity (Wildman–Crippen MR) is 161 cm³/mol. The topological polar surface area (TPSA) is 141 Å². The lowest BCUT2D eigenvalue weighted by Gasteiger charge is -2.34. The number of benzene rings is 1. The molecule has 2 N–H and O–H groups in total. The van der Waals surface area contributed by atoms with Crippen molar-refractivity contribution in [1.82, 2.24) is 25.1 Å². The Morgan fingerprint density at radius 2 is 1.70 bits per heavy atom. The van der Waals surface area contributed by atoms with Gasteiger partial charge in [0.15, 0.2) is 0 Å². The molecule has 2 aliphatic rings. The van der Waals surface area contributed by atoms with Gasteiger partial charge in [0.2, 0.25) is 11.9 Å². The van der Waals surface area contributed by atoms with Gasteiger partial charge in [-0.25, -0.2) is 19.6 Å². The van der Waals surface area contributed by atoms with Crippen molar-refractivity contribution in [3.63, 3.8) is 0 Å². The lowest BCUT2D eigenvalue weighted by molar-refractivity contribution is -0.132. The van der Waals surface area contributed by atoms with Gasteiger partial charge in [0.25, 0.3) is 0 Å². The van der Waals surface area contributed by atoms with Gasteiger partial charge < -0.3 is 29.7 Å². The first kappa shape index (κ1) is 32.1. The number of hydrogen-bond donors (Lipinski definition) is 2. The second-order valence-corrected chi connectivity index (χ2v) is 10.6. The van der Waals surface area contributed by atoms with E-state index in [1.807, 2.05) is 16.7 Å². The predicted octanol–water partition coefficient (Wildman–Crippen LogP) is 2.08. The monoisotopic (exact) mass is 597 g/mol. The minimum atomic E-state index is -1.20. The van der Waals surface area contributed by atoms with Crippen LogP contribution in [0.5, 0.6) is 0 Å². The molecule has 2 amide bonds. The van der Waals surface area contributed by atoms with Crippen LogP contribution in [0, 0.1) is 0 Å². The highest BCUT2D eigenvalue weighted by Crippen LogP contribution is 2.24. The summed E-state index contributed by atoms with van der Waals surface area (Å²) in [5.74, 6) is 0.0492. The number of nitrogens with one attached hydrogen (secondary N) is 1. The summed E-state index contributed by atoms with van der Waals surface area (Å²) in [6, 6.07) is 6.50. The number of amides is 2. The zero-order chi connectivity index (χ0) is 30.4. The van der Waals surface area contributed by atoms with E-state index >= 15 is 0 Å². The number of piperazine rings is 2. The lowest BCUT2D eigenvalue weighted by atomic mass is 10.1. The third-order valence-electron chi connectivity index (χ3n) is 7.55. The summed E-state index contributed by atoms with van der Waals surface area (Å²) in [5, 5.41) is 13.3. The Hall–Kier alpha value is -3.81. The number of para-hydroxylation sites is 1. The molecule has 2 aliphatic heterocycles. The van der Waals surface area contributed by atoms with Crippen LogP contribution < -0.4 is 15.1 Å². The number of carboxylic acid groups (broad SMARTS) is 1. The first-order chi connectivity index (χ1) is 21.0. The number of carbonyl (C=O) groups is 3. The molecule has 4 rings (SSSR count). The van der Waals surface area contributed by atoms with Crippen molar-refractivity contribution >= 4 is 29.6 Å². The average Bonchev–Trinajstić information content (AvgIpc) is 3.04. The minimum Gasteiger partial charge on any atom is -0.465 e. The maximum absolute atomic E-state index is 12.7. The van der Waals surface area contributed by atoms with E-state index in [4.69, 9.17) is 9.47 Å². The molecule has 13 heteroatoms. The fourth-order valence-electron chi connectivity index (χ4n) is 5.00. The Balaban J connectivity index is 1.24. The fraction of sp³-hybridized carbons (Fsp3) is 0.567. The third kappa shape index (κ3) is 9.60. The van der Waals surface area contributed by atoms with E-state index in [2.05, 4.69) is 20.2 Å². The van der Waals surface area contributed by atoms with Crippen molar-refractivity contribution in [1.29, 1.82) is 0 Å². The van der Waals surface area contributed by atoms with Crippen molar-refractivity contribution < 1.29 is 29.0 Å². The molecule has 2 saturated heterocycles. The molecular formula is C30H43N7O6. The first-order valence-electron chi connectivity index (χ1n) is 15.1. The van der Waals surface area contributed by atoms with Crippen LogP contribution in [0.2, 0.25) is 0 Å².